The number of carbonyl (C=O) groups is 1. The summed E-state index contributed by atoms with van der Waals surface area (Å²) in [5.74, 6) is 0.800. The summed E-state index contributed by atoms with van der Waals surface area (Å²) in [6, 6.07) is 9.62. The van der Waals surface area contributed by atoms with E-state index in [1.165, 1.54) is 0 Å². The van der Waals surface area contributed by atoms with Gasteiger partial charge in [0.2, 0.25) is 11.9 Å². The van der Waals surface area contributed by atoms with E-state index < -0.39 is 5.41 Å². The summed E-state index contributed by atoms with van der Waals surface area (Å²) in [5, 5.41) is 8.16. The molecule has 1 aliphatic heterocycles. The number of carbonyl (C=O) groups excluding carboxylic acids is 1. The van der Waals surface area contributed by atoms with Gasteiger partial charge < -0.3 is 10.2 Å². The normalized spacial score (nSPS) is 19.7. The predicted molar refractivity (Wildman–Crippen MR) is 115 cm³/mol. The molecule has 1 saturated heterocycles. The summed E-state index contributed by atoms with van der Waals surface area (Å²) in [6.07, 6.45) is 8.15. The highest BCUT2D eigenvalue weighted by Gasteiger charge is 2.51. The monoisotopic (exact) mass is 422 g/mol. The van der Waals surface area contributed by atoms with Crippen molar-refractivity contribution < 1.29 is 4.79 Å². The van der Waals surface area contributed by atoms with Crippen LogP contribution in [0.4, 0.5) is 5.95 Å². The van der Waals surface area contributed by atoms with Crippen molar-refractivity contribution in [2.75, 3.05) is 18.0 Å². The number of hydrogen-bond donors (Lipinski definition) is 1. The molecule has 5 rings (SSSR count). The number of nitrogens with one attached hydrogen (secondary N) is 1. The fourth-order valence-electron chi connectivity index (χ4n) is 4.14. The average molecular weight is 423 g/mol. The number of aryl methyl sites for hydroxylation is 1. The van der Waals surface area contributed by atoms with Gasteiger partial charge in [-0.05, 0) is 43.0 Å². The number of amides is 1. The van der Waals surface area contributed by atoms with Crippen molar-refractivity contribution in [3.05, 3.63) is 59.5 Å². The molecular weight excluding hydrogens is 400 g/mol. The first-order chi connectivity index (χ1) is 14.5. The van der Waals surface area contributed by atoms with Gasteiger partial charge in [-0.2, -0.15) is 5.10 Å². The van der Waals surface area contributed by atoms with Crippen LogP contribution in [0.15, 0.2) is 48.9 Å². The Morgan fingerprint density at radius 1 is 1.23 bits per heavy atom. The van der Waals surface area contributed by atoms with Crippen molar-refractivity contribution in [1.29, 1.82) is 0 Å². The second-order valence-electron chi connectivity index (χ2n) is 8.14. The van der Waals surface area contributed by atoms with Gasteiger partial charge in [-0.25, -0.2) is 9.97 Å². The molecule has 1 atom stereocenters. The summed E-state index contributed by atoms with van der Waals surface area (Å²) >= 11 is 6.00. The van der Waals surface area contributed by atoms with Crippen LogP contribution in [0.2, 0.25) is 5.02 Å². The fraction of sp³-hybridized carbons (Fsp3) is 0.364. The Kier molecular flexibility index (Phi) is 4.70. The number of aromatic nitrogens is 4. The minimum absolute atomic E-state index is 0.0907. The molecule has 1 saturated carbocycles. The van der Waals surface area contributed by atoms with Gasteiger partial charge in [-0.15, -0.1) is 0 Å². The highest BCUT2D eigenvalue weighted by Crippen LogP contribution is 2.48. The molecule has 0 bridgehead atoms. The van der Waals surface area contributed by atoms with Crippen LogP contribution in [0.25, 0.3) is 11.3 Å². The van der Waals surface area contributed by atoms with Crippen LogP contribution >= 0.6 is 11.6 Å². The quantitative estimate of drug-likeness (QED) is 0.684. The molecule has 2 fully saturated rings. The number of hydrogen-bond acceptors (Lipinski definition) is 5. The number of anilines is 1. The average Bonchev–Trinajstić information content (AvgIpc) is 3.24. The summed E-state index contributed by atoms with van der Waals surface area (Å²) in [5.41, 5.74) is 2.46. The minimum atomic E-state index is -0.394. The predicted octanol–water partition coefficient (Wildman–Crippen LogP) is 2.96. The topological polar surface area (TPSA) is 75.9 Å². The Morgan fingerprint density at radius 3 is 2.73 bits per heavy atom. The van der Waals surface area contributed by atoms with E-state index in [4.69, 9.17) is 16.6 Å². The lowest BCUT2D eigenvalue weighted by Crippen LogP contribution is -2.43. The number of nitrogens with zero attached hydrogens (tertiary/aromatic N) is 5. The van der Waals surface area contributed by atoms with Crippen LogP contribution in [0, 0.1) is 0 Å². The van der Waals surface area contributed by atoms with Crippen LogP contribution in [0.5, 0.6) is 0 Å². The van der Waals surface area contributed by atoms with E-state index in [1.54, 1.807) is 17.1 Å². The van der Waals surface area contributed by atoms with Gasteiger partial charge >= 0.3 is 0 Å². The second-order valence-corrected chi connectivity index (χ2v) is 8.58. The van der Waals surface area contributed by atoms with Gasteiger partial charge in [0, 0.05) is 49.2 Å². The molecule has 7 nitrogen and oxygen atoms in total. The van der Waals surface area contributed by atoms with Crippen molar-refractivity contribution in [3.63, 3.8) is 0 Å². The van der Waals surface area contributed by atoms with Crippen molar-refractivity contribution in [2.24, 2.45) is 7.05 Å². The van der Waals surface area contributed by atoms with Crippen molar-refractivity contribution in [2.45, 2.75) is 30.7 Å². The van der Waals surface area contributed by atoms with Crippen molar-refractivity contribution in [1.82, 2.24) is 25.1 Å². The molecule has 3 aromatic rings. The van der Waals surface area contributed by atoms with E-state index in [0.717, 1.165) is 42.6 Å². The zero-order valence-electron chi connectivity index (χ0n) is 16.8. The molecule has 154 valence electrons. The molecular formula is C22H23ClN6O. The molecule has 0 radical (unpaired) electrons. The molecule has 1 aliphatic carbocycles. The van der Waals surface area contributed by atoms with Crippen LogP contribution in [0.1, 0.15) is 24.8 Å². The molecule has 1 amide bonds. The van der Waals surface area contributed by atoms with Gasteiger partial charge in [0.05, 0.1) is 17.3 Å². The molecule has 2 aliphatic rings. The molecule has 2 aromatic heterocycles. The zero-order valence-corrected chi connectivity index (χ0v) is 17.5. The van der Waals surface area contributed by atoms with Gasteiger partial charge in [-0.1, -0.05) is 23.7 Å². The molecule has 1 aromatic carbocycles. The van der Waals surface area contributed by atoms with E-state index in [1.807, 2.05) is 43.6 Å². The first kappa shape index (κ1) is 19.1. The highest BCUT2D eigenvalue weighted by atomic mass is 35.5. The third kappa shape index (κ3) is 3.54. The third-order valence-electron chi connectivity index (χ3n) is 6.03. The standard InChI is InChI=1S/C22H23ClN6O/c1-28-13-15(12-25-28)19-6-10-24-21(27-19)29-11-7-18(14-29)26-20(30)22(8-9-22)16-2-4-17(23)5-3-16/h2-6,10,12-13,18H,7-9,11,14H2,1H3,(H,26,30). The molecule has 8 heteroatoms. The van der Waals surface area contributed by atoms with Crippen LogP contribution in [-0.4, -0.2) is 44.8 Å². The lowest BCUT2D eigenvalue weighted by atomic mass is 9.94. The van der Waals surface area contributed by atoms with E-state index in [2.05, 4.69) is 20.3 Å². The Morgan fingerprint density at radius 2 is 2.03 bits per heavy atom. The summed E-state index contributed by atoms with van der Waals surface area (Å²) in [6.45, 7) is 1.52. The van der Waals surface area contributed by atoms with Gasteiger partial charge in [0.1, 0.15) is 0 Å². The molecule has 3 heterocycles. The SMILES string of the molecule is Cn1cc(-c2ccnc(N3CCC(NC(=O)C4(c5ccc(Cl)cc5)CC4)C3)n2)cn1. The minimum Gasteiger partial charge on any atom is -0.351 e. The lowest BCUT2D eigenvalue weighted by molar-refractivity contribution is -0.124. The molecule has 0 spiro atoms. The third-order valence-corrected chi connectivity index (χ3v) is 6.28. The summed E-state index contributed by atoms with van der Waals surface area (Å²) in [7, 11) is 1.88. The smallest absolute Gasteiger partial charge is 0.230 e. The molecule has 1 N–H and O–H groups in total. The summed E-state index contributed by atoms with van der Waals surface area (Å²) < 4.78 is 1.76. The first-order valence-corrected chi connectivity index (χ1v) is 10.6. The Labute approximate surface area is 180 Å². The Hall–Kier alpha value is -2.93. The zero-order chi connectivity index (χ0) is 20.7. The second kappa shape index (κ2) is 7.40. The fourth-order valence-corrected chi connectivity index (χ4v) is 4.27. The van der Waals surface area contributed by atoms with Gasteiger partial charge in [0.15, 0.2) is 0 Å². The van der Waals surface area contributed by atoms with Crippen molar-refractivity contribution >= 4 is 23.5 Å². The van der Waals surface area contributed by atoms with Crippen LogP contribution < -0.4 is 10.2 Å². The first-order valence-electron chi connectivity index (χ1n) is 10.2. The van der Waals surface area contributed by atoms with Crippen molar-refractivity contribution in [3.8, 4) is 11.3 Å². The van der Waals surface area contributed by atoms with Crippen LogP contribution in [0.3, 0.4) is 0 Å². The molecule has 1 unspecified atom stereocenters. The molecule has 30 heavy (non-hydrogen) atoms. The van der Waals surface area contributed by atoms with E-state index in [9.17, 15) is 4.79 Å². The van der Waals surface area contributed by atoms with Gasteiger partial charge in [0.25, 0.3) is 0 Å². The number of benzene rings is 1. The number of rotatable bonds is 5. The van der Waals surface area contributed by atoms with Gasteiger partial charge in [-0.3, -0.25) is 9.48 Å². The number of halogens is 1. The van der Waals surface area contributed by atoms with E-state index >= 15 is 0 Å². The van der Waals surface area contributed by atoms with E-state index in [0.29, 0.717) is 17.5 Å². The largest absolute Gasteiger partial charge is 0.351 e. The Balaban J connectivity index is 1.25. The lowest BCUT2D eigenvalue weighted by Gasteiger charge is -2.20. The maximum atomic E-state index is 13.1. The Bertz CT molecular complexity index is 1080. The highest BCUT2D eigenvalue weighted by molar-refractivity contribution is 6.30. The van der Waals surface area contributed by atoms with E-state index in [-0.39, 0.29) is 11.9 Å². The van der Waals surface area contributed by atoms with Crippen LogP contribution in [-0.2, 0) is 17.3 Å². The maximum absolute atomic E-state index is 13.1. The summed E-state index contributed by atoms with van der Waals surface area (Å²) in [4.78, 5) is 24.3. The maximum Gasteiger partial charge on any atom is 0.230 e.